The van der Waals surface area contributed by atoms with Gasteiger partial charge >= 0.3 is 12.1 Å². The van der Waals surface area contributed by atoms with Crippen molar-refractivity contribution in [2.45, 2.75) is 19.8 Å². The lowest BCUT2D eigenvalue weighted by atomic mass is 10.3. The molecule has 0 aliphatic rings. The van der Waals surface area contributed by atoms with Gasteiger partial charge in [0.15, 0.2) is 0 Å². The number of nitrogens with one attached hydrogen (secondary N) is 2. The zero-order valence-electron chi connectivity index (χ0n) is 12.3. The summed E-state index contributed by atoms with van der Waals surface area (Å²) in [6.45, 7) is 1.91. The minimum absolute atomic E-state index is 0.0345. The standard InChI is InChI=1S/C13H18BrN3O4S/c1-3-4-9-17(22(2,20)21)13(19)16-12(18)15-11-7-5-10(14)6-8-11/h5-8H,3-4,9H2,1-2H3,(H2,15,16,18,19). The molecule has 9 heteroatoms. The van der Waals surface area contributed by atoms with Gasteiger partial charge in [-0.05, 0) is 30.7 Å². The van der Waals surface area contributed by atoms with Crippen LogP contribution in [-0.4, -0.2) is 37.6 Å². The van der Waals surface area contributed by atoms with Gasteiger partial charge in [0.05, 0.1) is 6.26 Å². The van der Waals surface area contributed by atoms with Crippen molar-refractivity contribution >= 4 is 43.7 Å². The molecular weight excluding hydrogens is 374 g/mol. The number of rotatable bonds is 5. The number of sulfonamides is 1. The highest BCUT2D eigenvalue weighted by Gasteiger charge is 2.24. The molecule has 22 heavy (non-hydrogen) atoms. The molecule has 4 amide bonds. The second-order valence-corrected chi connectivity index (χ2v) is 7.40. The van der Waals surface area contributed by atoms with Crippen LogP contribution in [0.3, 0.4) is 0 Å². The fourth-order valence-corrected chi connectivity index (χ4v) is 2.65. The number of nitrogens with zero attached hydrogens (tertiary/aromatic N) is 1. The van der Waals surface area contributed by atoms with Crippen LogP contribution in [0.1, 0.15) is 19.8 Å². The summed E-state index contributed by atoms with van der Waals surface area (Å²) in [7, 11) is -3.73. The highest BCUT2D eigenvalue weighted by Crippen LogP contribution is 2.13. The van der Waals surface area contributed by atoms with E-state index in [0.29, 0.717) is 16.4 Å². The number of halogens is 1. The average molecular weight is 392 g/mol. The van der Waals surface area contributed by atoms with Crippen LogP contribution in [0.25, 0.3) is 0 Å². The second-order valence-electron chi connectivity index (χ2n) is 4.58. The zero-order valence-corrected chi connectivity index (χ0v) is 14.7. The van der Waals surface area contributed by atoms with E-state index in [4.69, 9.17) is 0 Å². The average Bonchev–Trinajstić information content (AvgIpc) is 2.40. The van der Waals surface area contributed by atoms with Crippen molar-refractivity contribution in [1.82, 2.24) is 9.62 Å². The third kappa shape index (κ3) is 6.02. The Hall–Kier alpha value is -1.61. The largest absolute Gasteiger partial charge is 0.339 e. The van der Waals surface area contributed by atoms with Gasteiger partial charge in [0, 0.05) is 16.7 Å². The monoisotopic (exact) mass is 391 g/mol. The molecule has 0 aliphatic carbocycles. The summed E-state index contributed by atoms with van der Waals surface area (Å²) in [6.07, 6.45) is 2.17. The first kappa shape index (κ1) is 18.4. The molecule has 0 radical (unpaired) electrons. The summed E-state index contributed by atoms with van der Waals surface area (Å²) in [5.74, 6) is 0. The fourth-order valence-electron chi connectivity index (χ4n) is 1.57. The SMILES string of the molecule is CCCCN(C(=O)NC(=O)Nc1ccc(Br)cc1)S(C)(=O)=O. The Morgan fingerprint density at radius 1 is 1.23 bits per heavy atom. The first-order chi connectivity index (χ1) is 10.2. The quantitative estimate of drug-likeness (QED) is 0.806. The van der Waals surface area contributed by atoms with E-state index in [1.165, 1.54) is 0 Å². The highest BCUT2D eigenvalue weighted by molar-refractivity contribution is 9.10. The Balaban J connectivity index is 2.68. The summed E-state index contributed by atoms with van der Waals surface area (Å²) < 4.78 is 24.7. The summed E-state index contributed by atoms with van der Waals surface area (Å²) in [6, 6.07) is 4.96. The Bertz CT molecular complexity index is 631. The molecule has 7 nitrogen and oxygen atoms in total. The lowest BCUT2D eigenvalue weighted by Crippen LogP contribution is -2.47. The van der Waals surface area contributed by atoms with E-state index < -0.39 is 22.1 Å². The molecule has 1 aromatic carbocycles. The van der Waals surface area contributed by atoms with Crippen LogP contribution in [0, 0.1) is 0 Å². The number of anilines is 1. The van der Waals surface area contributed by atoms with Crippen molar-refractivity contribution in [3.8, 4) is 0 Å². The summed E-state index contributed by atoms with van der Waals surface area (Å²) in [4.78, 5) is 23.7. The number of hydrogen-bond donors (Lipinski definition) is 2. The van der Waals surface area contributed by atoms with Gasteiger partial charge in [0.25, 0.3) is 0 Å². The van der Waals surface area contributed by atoms with Crippen LogP contribution < -0.4 is 10.6 Å². The van der Waals surface area contributed by atoms with Crippen molar-refractivity contribution in [3.05, 3.63) is 28.7 Å². The molecular formula is C13H18BrN3O4S. The van der Waals surface area contributed by atoms with Gasteiger partial charge in [0.2, 0.25) is 10.0 Å². The molecule has 0 aliphatic heterocycles. The van der Waals surface area contributed by atoms with Gasteiger partial charge in [-0.2, -0.15) is 0 Å². The molecule has 0 fully saturated rings. The molecule has 0 unspecified atom stereocenters. The van der Waals surface area contributed by atoms with Crippen molar-refractivity contribution in [2.24, 2.45) is 0 Å². The van der Waals surface area contributed by atoms with Crippen LogP contribution in [0.2, 0.25) is 0 Å². The van der Waals surface area contributed by atoms with Crippen molar-refractivity contribution in [2.75, 3.05) is 18.1 Å². The second kappa shape index (κ2) is 8.14. The predicted octanol–water partition coefficient (Wildman–Crippen LogP) is 2.75. The molecule has 0 atom stereocenters. The number of unbranched alkanes of at least 4 members (excludes halogenated alkanes) is 1. The number of hydrogen-bond acceptors (Lipinski definition) is 4. The van der Waals surface area contributed by atoms with E-state index in [0.717, 1.165) is 17.1 Å². The molecule has 0 bridgehead atoms. The maximum Gasteiger partial charge on any atom is 0.339 e. The van der Waals surface area contributed by atoms with Crippen LogP contribution in [0.5, 0.6) is 0 Å². The predicted molar refractivity (Wildman–Crippen MR) is 88.2 cm³/mol. The summed E-state index contributed by atoms with van der Waals surface area (Å²) >= 11 is 3.26. The first-order valence-corrected chi connectivity index (χ1v) is 9.23. The number of carbonyl (C=O) groups excluding carboxylic acids is 2. The van der Waals surface area contributed by atoms with Gasteiger partial charge in [0.1, 0.15) is 0 Å². The summed E-state index contributed by atoms with van der Waals surface area (Å²) in [5.41, 5.74) is 0.480. The molecule has 2 N–H and O–H groups in total. The number of amides is 4. The topological polar surface area (TPSA) is 95.6 Å². The van der Waals surface area contributed by atoms with Gasteiger partial charge in [-0.3, -0.25) is 5.32 Å². The van der Waals surface area contributed by atoms with E-state index in [-0.39, 0.29) is 6.54 Å². The lowest BCUT2D eigenvalue weighted by molar-refractivity contribution is 0.219. The number of imide groups is 1. The van der Waals surface area contributed by atoms with Gasteiger partial charge < -0.3 is 5.32 Å². The van der Waals surface area contributed by atoms with Gasteiger partial charge in [-0.1, -0.05) is 29.3 Å². The molecule has 1 rings (SSSR count). The molecule has 0 heterocycles. The number of urea groups is 2. The molecule has 1 aromatic rings. The fraction of sp³-hybridized carbons (Fsp3) is 0.385. The highest BCUT2D eigenvalue weighted by atomic mass is 79.9. The summed E-state index contributed by atoms with van der Waals surface area (Å²) in [5, 5.41) is 4.45. The van der Waals surface area contributed by atoms with Crippen LogP contribution in [0.15, 0.2) is 28.7 Å². The molecule has 0 spiro atoms. The van der Waals surface area contributed by atoms with E-state index in [1.807, 2.05) is 12.2 Å². The Morgan fingerprint density at radius 3 is 2.32 bits per heavy atom. The minimum atomic E-state index is -3.73. The van der Waals surface area contributed by atoms with Gasteiger partial charge in [-0.15, -0.1) is 0 Å². The smallest absolute Gasteiger partial charge is 0.308 e. The van der Waals surface area contributed by atoms with E-state index >= 15 is 0 Å². The minimum Gasteiger partial charge on any atom is -0.308 e. The van der Waals surface area contributed by atoms with Crippen molar-refractivity contribution in [3.63, 3.8) is 0 Å². The molecule has 0 aromatic heterocycles. The van der Waals surface area contributed by atoms with Crippen molar-refractivity contribution < 1.29 is 18.0 Å². The third-order valence-electron chi connectivity index (χ3n) is 2.66. The number of benzene rings is 1. The van der Waals surface area contributed by atoms with E-state index in [9.17, 15) is 18.0 Å². The molecule has 0 saturated carbocycles. The zero-order chi connectivity index (χ0) is 16.8. The molecule has 0 saturated heterocycles. The normalized spacial score (nSPS) is 10.9. The molecule has 122 valence electrons. The van der Waals surface area contributed by atoms with Crippen LogP contribution >= 0.6 is 15.9 Å². The Kier molecular flexibility index (Phi) is 6.82. The van der Waals surface area contributed by atoms with Crippen molar-refractivity contribution in [1.29, 1.82) is 0 Å². The van der Waals surface area contributed by atoms with E-state index in [1.54, 1.807) is 24.3 Å². The maximum absolute atomic E-state index is 11.9. The lowest BCUT2D eigenvalue weighted by Gasteiger charge is -2.20. The Morgan fingerprint density at radius 2 is 1.82 bits per heavy atom. The van der Waals surface area contributed by atoms with Crippen LogP contribution in [0.4, 0.5) is 15.3 Å². The number of carbonyl (C=O) groups is 2. The van der Waals surface area contributed by atoms with Gasteiger partial charge in [-0.25, -0.2) is 22.3 Å². The first-order valence-electron chi connectivity index (χ1n) is 6.59. The third-order valence-corrected chi connectivity index (χ3v) is 4.34. The van der Waals surface area contributed by atoms with Crippen LogP contribution in [-0.2, 0) is 10.0 Å². The maximum atomic E-state index is 11.9. The van der Waals surface area contributed by atoms with E-state index in [2.05, 4.69) is 21.2 Å². The Labute approximate surface area is 138 Å².